The number of carbonyl (C=O) groups excluding carboxylic acids is 2. The van der Waals surface area contributed by atoms with Crippen molar-refractivity contribution >= 4 is 11.9 Å². The van der Waals surface area contributed by atoms with E-state index < -0.39 is 5.97 Å². The highest BCUT2D eigenvalue weighted by Gasteiger charge is 2.26. The van der Waals surface area contributed by atoms with Crippen LogP contribution in [0.2, 0.25) is 0 Å². The van der Waals surface area contributed by atoms with E-state index in [4.69, 9.17) is 9.47 Å². The number of hydrogen-bond donors (Lipinski definition) is 0. The topological polar surface area (TPSA) is 55.8 Å². The molecule has 0 bridgehead atoms. The fourth-order valence-electron chi connectivity index (χ4n) is 3.64. The van der Waals surface area contributed by atoms with Crippen molar-refractivity contribution in [1.82, 2.24) is 4.90 Å². The van der Waals surface area contributed by atoms with Gasteiger partial charge in [0.05, 0.1) is 12.7 Å². The maximum Gasteiger partial charge on any atom is 0.338 e. The fraction of sp³-hybridized carbons (Fsp3) is 0.391. The Bertz CT molecular complexity index is 831. The van der Waals surface area contributed by atoms with E-state index in [1.807, 2.05) is 0 Å². The summed E-state index contributed by atoms with van der Waals surface area (Å²) in [5, 5.41) is 0. The number of carbonyl (C=O) groups is 2. The maximum atomic E-state index is 13.2. The lowest BCUT2D eigenvalue weighted by Crippen LogP contribution is -2.43. The molecule has 0 spiro atoms. The third-order valence-corrected chi connectivity index (χ3v) is 5.23. The lowest BCUT2D eigenvalue weighted by Gasteiger charge is -2.34. The number of amides is 1. The third-order valence-electron chi connectivity index (χ3n) is 5.23. The number of benzene rings is 2. The summed E-state index contributed by atoms with van der Waals surface area (Å²) in [7, 11) is 1.52. The zero-order valence-electron chi connectivity index (χ0n) is 16.6. The van der Waals surface area contributed by atoms with Crippen LogP contribution in [0.15, 0.2) is 48.5 Å². The number of esters is 1. The molecule has 0 unspecified atom stereocenters. The molecule has 1 saturated carbocycles. The summed E-state index contributed by atoms with van der Waals surface area (Å²) in [6, 6.07) is 12.9. The van der Waals surface area contributed by atoms with Crippen molar-refractivity contribution < 1.29 is 23.5 Å². The van der Waals surface area contributed by atoms with Crippen molar-refractivity contribution in [3.63, 3.8) is 0 Å². The molecule has 29 heavy (non-hydrogen) atoms. The highest BCUT2D eigenvalue weighted by atomic mass is 19.1. The van der Waals surface area contributed by atoms with Crippen molar-refractivity contribution in [2.24, 2.45) is 0 Å². The van der Waals surface area contributed by atoms with Gasteiger partial charge in [-0.05, 0) is 48.7 Å². The molecule has 0 aliphatic heterocycles. The molecule has 0 saturated heterocycles. The molecule has 0 atom stereocenters. The third kappa shape index (κ3) is 5.79. The number of halogens is 1. The summed E-state index contributed by atoms with van der Waals surface area (Å²) in [5.74, 6) is -0.567. The molecule has 154 valence electrons. The number of methoxy groups -OCH3 is 1. The Morgan fingerprint density at radius 3 is 2.48 bits per heavy atom. The number of ether oxygens (including phenoxy) is 2. The smallest absolute Gasteiger partial charge is 0.338 e. The fourth-order valence-corrected chi connectivity index (χ4v) is 3.64. The normalized spacial score (nSPS) is 14.3. The maximum absolute atomic E-state index is 13.2. The van der Waals surface area contributed by atoms with Gasteiger partial charge in [0.25, 0.3) is 5.91 Å². The second-order valence-corrected chi connectivity index (χ2v) is 7.25. The highest BCUT2D eigenvalue weighted by molar-refractivity contribution is 5.91. The zero-order chi connectivity index (χ0) is 20.6. The summed E-state index contributed by atoms with van der Waals surface area (Å²) >= 11 is 0. The molecular weight excluding hydrogens is 373 g/mol. The van der Waals surface area contributed by atoms with Crippen LogP contribution in [0.3, 0.4) is 0 Å². The Balaban J connectivity index is 1.66. The number of rotatable bonds is 7. The largest absolute Gasteiger partial charge is 0.497 e. The molecular formula is C23H26FNO4. The van der Waals surface area contributed by atoms with Gasteiger partial charge in [0, 0.05) is 12.6 Å². The predicted molar refractivity (Wildman–Crippen MR) is 107 cm³/mol. The van der Waals surface area contributed by atoms with Crippen LogP contribution in [0.25, 0.3) is 0 Å². The van der Waals surface area contributed by atoms with Gasteiger partial charge in [0.15, 0.2) is 6.61 Å². The first kappa shape index (κ1) is 20.8. The highest BCUT2D eigenvalue weighted by Crippen LogP contribution is 2.24. The van der Waals surface area contributed by atoms with Crippen LogP contribution < -0.4 is 4.74 Å². The van der Waals surface area contributed by atoms with Crippen molar-refractivity contribution in [3.05, 3.63) is 65.5 Å². The molecule has 0 N–H and O–H groups in total. The summed E-state index contributed by atoms with van der Waals surface area (Å²) in [5.41, 5.74) is 1.18. The average molecular weight is 399 g/mol. The standard InChI is InChI=1S/C23H26FNO4/c1-28-21-9-5-6-18(14-21)23(27)29-16-22(26)25(20-7-3-2-4-8-20)15-17-10-12-19(24)13-11-17/h5-6,9-14,20H,2-4,7-8,15-16H2,1H3. The SMILES string of the molecule is COc1cccc(C(=O)OCC(=O)N(Cc2ccc(F)cc2)C2CCCCC2)c1. The van der Waals surface area contributed by atoms with Crippen molar-refractivity contribution in [3.8, 4) is 5.75 Å². The summed E-state index contributed by atoms with van der Waals surface area (Å²) in [6.07, 6.45) is 5.16. The van der Waals surface area contributed by atoms with Gasteiger partial charge in [0.2, 0.25) is 0 Å². The van der Waals surface area contributed by atoms with Gasteiger partial charge in [-0.2, -0.15) is 0 Å². The second-order valence-electron chi connectivity index (χ2n) is 7.25. The van der Waals surface area contributed by atoms with Crippen molar-refractivity contribution in [1.29, 1.82) is 0 Å². The Hall–Kier alpha value is -2.89. The quantitative estimate of drug-likeness (QED) is 0.650. The van der Waals surface area contributed by atoms with E-state index in [9.17, 15) is 14.0 Å². The van der Waals surface area contributed by atoms with Crippen LogP contribution >= 0.6 is 0 Å². The summed E-state index contributed by atoms with van der Waals surface area (Å²) in [4.78, 5) is 27.0. The van der Waals surface area contributed by atoms with Gasteiger partial charge in [-0.3, -0.25) is 4.79 Å². The van der Waals surface area contributed by atoms with E-state index in [1.165, 1.54) is 25.7 Å². The second kappa shape index (κ2) is 10.0. The van der Waals surface area contributed by atoms with Crippen molar-refractivity contribution in [2.45, 2.75) is 44.7 Å². The van der Waals surface area contributed by atoms with Crippen LogP contribution in [-0.4, -0.2) is 36.5 Å². The lowest BCUT2D eigenvalue weighted by atomic mass is 9.93. The van der Waals surface area contributed by atoms with E-state index in [0.29, 0.717) is 17.9 Å². The van der Waals surface area contributed by atoms with Gasteiger partial charge in [0.1, 0.15) is 11.6 Å². The molecule has 1 fully saturated rings. The van der Waals surface area contributed by atoms with Crippen LogP contribution in [0.5, 0.6) is 5.75 Å². The summed E-state index contributed by atoms with van der Waals surface area (Å²) < 4.78 is 23.6. The van der Waals surface area contributed by atoms with Crippen LogP contribution in [-0.2, 0) is 16.1 Å². The van der Waals surface area contributed by atoms with Gasteiger partial charge >= 0.3 is 5.97 Å². The molecule has 6 heteroatoms. The number of hydrogen-bond acceptors (Lipinski definition) is 4. The molecule has 1 aliphatic carbocycles. The van der Waals surface area contributed by atoms with Gasteiger partial charge in [-0.1, -0.05) is 37.5 Å². The van der Waals surface area contributed by atoms with E-state index in [1.54, 1.807) is 41.3 Å². The summed E-state index contributed by atoms with van der Waals surface area (Å²) in [6.45, 7) is 0.0498. The van der Waals surface area contributed by atoms with Gasteiger partial charge in [-0.25, -0.2) is 9.18 Å². The first-order chi connectivity index (χ1) is 14.1. The monoisotopic (exact) mass is 399 g/mol. The van der Waals surface area contributed by atoms with Crippen molar-refractivity contribution in [2.75, 3.05) is 13.7 Å². The van der Waals surface area contributed by atoms with Crippen LogP contribution in [0.4, 0.5) is 4.39 Å². The van der Waals surface area contributed by atoms with E-state index >= 15 is 0 Å². The molecule has 0 radical (unpaired) electrons. The van der Waals surface area contributed by atoms with Gasteiger partial charge < -0.3 is 14.4 Å². The molecule has 3 rings (SSSR count). The van der Waals surface area contributed by atoms with E-state index in [0.717, 1.165) is 31.2 Å². The Morgan fingerprint density at radius 2 is 1.79 bits per heavy atom. The zero-order valence-corrected chi connectivity index (χ0v) is 16.6. The number of nitrogens with zero attached hydrogens (tertiary/aromatic N) is 1. The molecule has 0 heterocycles. The van der Waals surface area contributed by atoms with Crippen LogP contribution in [0.1, 0.15) is 48.0 Å². The first-order valence-electron chi connectivity index (χ1n) is 9.92. The first-order valence-corrected chi connectivity index (χ1v) is 9.92. The average Bonchev–Trinajstić information content (AvgIpc) is 2.77. The molecule has 2 aromatic carbocycles. The molecule has 1 amide bonds. The molecule has 5 nitrogen and oxygen atoms in total. The van der Waals surface area contributed by atoms with E-state index in [2.05, 4.69) is 0 Å². The predicted octanol–water partition coefficient (Wildman–Crippen LogP) is 4.35. The molecule has 1 aliphatic rings. The minimum atomic E-state index is -0.567. The minimum absolute atomic E-state index is 0.108. The molecule has 0 aromatic heterocycles. The van der Waals surface area contributed by atoms with Crippen LogP contribution in [0, 0.1) is 5.82 Å². The Morgan fingerprint density at radius 1 is 1.07 bits per heavy atom. The Labute approximate surface area is 170 Å². The minimum Gasteiger partial charge on any atom is -0.497 e. The van der Waals surface area contributed by atoms with Gasteiger partial charge in [-0.15, -0.1) is 0 Å². The Kier molecular flexibility index (Phi) is 7.22. The molecule has 2 aromatic rings. The lowest BCUT2D eigenvalue weighted by molar-refractivity contribution is -0.138. The van der Waals surface area contributed by atoms with E-state index in [-0.39, 0.29) is 24.4 Å².